The molecule has 232 valence electrons. The van der Waals surface area contributed by atoms with E-state index in [0.717, 1.165) is 6.42 Å². The van der Waals surface area contributed by atoms with Crippen LogP contribution in [0.15, 0.2) is 118 Å². The van der Waals surface area contributed by atoms with Crippen LogP contribution in [0.5, 0.6) is 0 Å². The monoisotopic (exact) mass is 710 g/mol. The molecule has 2 aliphatic rings. The second kappa shape index (κ2) is 13.8. The molecule has 4 aromatic carbocycles. The summed E-state index contributed by atoms with van der Waals surface area (Å²) >= 11 is -2.79. The first-order chi connectivity index (χ1) is 20.4. The van der Waals surface area contributed by atoms with Gasteiger partial charge in [-0.15, -0.1) is 0 Å². The summed E-state index contributed by atoms with van der Waals surface area (Å²) in [5.74, 6) is 0.513. The largest absolute Gasteiger partial charge is 1.00 e. The number of benzene rings is 4. The summed E-state index contributed by atoms with van der Waals surface area (Å²) in [4.78, 5) is 0. The molecular formula is C42H46Cl2Zr. The summed E-state index contributed by atoms with van der Waals surface area (Å²) in [6.07, 6.45) is 6.00. The molecule has 0 unspecified atom stereocenters. The van der Waals surface area contributed by atoms with Crippen molar-refractivity contribution < 1.29 is 46.1 Å². The first-order valence-electron chi connectivity index (χ1n) is 16.0. The number of halogens is 2. The number of hydrogen-bond acceptors (Lipinski definition) is 0. The average molecular weight is 713 g/mol. The number of fused-ring (bicyclic) bond motifs is 3. The van der Waals surface area contributed by atoms with E-state index >= 15 is 0 Å². The smallest absolute Gasteiger partial charge is 1.00 e. The van der Waals surface area contributed by atoms with E-state index in [4.69, 9.17) is 0 Å². The van der Waals surface area contributed by atoms with E-state index in [1.165, 1.54) is 33.4 Å². The van der Waals surface area contributed by atoms with Gasteiger partial charge in [0.1, 0.15) is 0 Å². The molecule has 0 radical (unpaired) electrons. The molecule has 3 heteroatoms. The Morgan fingerprint density at radius 3 is 1.49 bits per heavy atom. The van der Waals surface area contributed by atoms with Crippen LogP contribution in [0.3, 0.4) is 0 Å². The van der Waals surface area contributed by atoms with Crippen LogP contribution in [0.1, 0.15) is 98.8 Å². The Bertz CT molecular complexity index is 1660. The van der Waals surface area contributed by atoms with Crippen molar-refractivity contribution in [2.75, 3.05) is 0 Å². The molecule has 0 nitrogen and oxygen atoms in total. The third-order valence-corrected chi connectivity index (χ3v) is 17.8. The van der Waals surface area contributed by atoms with Gasteiger partial charge in [0.15, 0.2) is 0 Å². The molecule has 0 aliphatic heterocycles. The van der Waals surface area contributed by atoms with Crippen LogP contribution in [0.25, 0.3) is 11.1 Å². The van der Waals surface area contributed by atoms with Crippen LogP contribution in [0, 0.1) is 5.92 Å². The van der Waals surface area contributed by atoms with Gasteiger partial charge in [-0.25, -0.2) is 0 Å². The maximum Gasteiger partial charge on any atom is -1.00 e. The fourth-order valence-electron chi connectivity index (χ4n) is 6.99. The van der Waals surface area contributed by atoms with Crippen molar-refractivity contribution in [2.24, 2.45) is 5.92 Å². The fraction of sp³-hybridized carbons (Fsp3) is 0.310. The molecule has 0 spiro atoms. The van der Waals surface area contributed by atoms with Gasteiger partial charge in [0.2, 0.25) is 0 Å². The standard InChI is InChI=1S/C21H25.C13H10.C8H11.2ClH.Zr/c1-20(2,3)16-7-9-18-14(12-16)11-15-13-17(21(4,5)6)8-10-19(15)18;1-3-7-12(8-4-1)11-13-9-5-2-6-10-13;1-7(2)8-5-3-4-6-8;;;/h7-13H,1-6H3;1-10H;3,5,7H,4H2,1-2H3;2*1H;/q;;;;;+2/p-2. The van der Waals surface area contributed by atoms with Gasteiger partial charge in [-0.2, -0.15) is 0 Å². The number of hydrogen-bond donors (Lipinski definition) is 0. The van der Waals surface area contributed by atoms with Gasteiger partial charge in [0, 0.05) is 0 Å². The van der Waals surface area contributed by atoms with Crippen LogP contribution < -0.4 is 24.8 Å². The van der Waals surface area contributed by atoms with Gasteiger partial charge in [0.25, 0.3) is 0 Å². The summed E-state index contributed by atoms with van der Waals surface area (Å²) in [6.45, 7) is 18.9. The van der Waals surface area contributed by atoms with E-state index < -0.39 is 21.3 Å². The SMILES string of the molecule is CC(C)C1=[C]([Zr+2](=[C](c2ccccc2)c2ccccc2)[CH]2c3cc(C(C)(C)C)ccc3-c3ccc(C(C)(C)C)cc32)CC=C1.[Cl-].[Cl-]. The molecule has 0 heterocycles. The summed E-state index contributed by atoms with van der Waals surface area (Å²) in [5, 5.41) is 0. The summed E-state index contributed by atoms with van der Waals surface area (Å²) in [5.41, 5.74) is 13.5. The molecule has 2 aliphatic carbocycles. The Morgan fingerprint density at radius 2 is 1.09 bits per heavy atom. The molecule has 0 aromatic heterocycles. The van der Waals surface area contributed by atoms with E-state index in [1.54, 1.807) is 23.2 Å². The molecule has 0 saturated heterocycles. The topological polar surface area (TPSA) is 0 Å². The van der Waals surface area contributed by atoms with Gasteiger partial charge in [0.05, 0.1) is 0 Å². The summed E-state index contributed by atoms with van der Waals surface area (Å²) in [7, 11) is 0. The molecule has 0 amide bonds. The molecule has 0 N–H and O–H groups in total. The van der Waals surface area contributed by atoms with Gasteiger partial charge < -0.3 is 24.8 Å². The Hall–Kier alpha value is -2.31. The summed E-state index contributed by atoms with van der Waals surface area (Å²) in [6, 6.07) is 37.6. The Labute approximate surface area is 292 Å². The third-order valence-electron chi connectivity index (χ3n) is 9.35. The minimum atomic E-state index is -2.79. The maximum atomic E-state index is 2.60. The quantitative estimate of drug-likeness (QED) is 0.270. The minimum absolute atomic E-state index is 0. The zero-order valence-electron chi connectivity index (χ0n) is 28.0. The third kappa shape index (κ3) is 6.88. The first-order valence-corrected chi connectivity index (χ1v) is 19.9. The van der Waals surface area contributed by atoms with E-state index in [9.17, 15) is 0 Å². The normalized spacial score (nSPS) is 14.0. The van der Waals surface area contributed by atoms with E-state index in [2.05, 4.69) is 165 Å². The maximum absolute atomic E-state index is 2.79. The van der Waals surface area contributed by atoms with Gasteiger partial charge in [-0.3, -0.25) is 0 Å². The van der Waals surface area contributed by atoms with Gasteiger partial charge in [-0.05, 0) is 0 Å². The molecule has 0 fully saturated rings. The van der Waals surface area contributed by atoms with E-state index in [0.29, 0.717) is 9.54 Å². The predicted molar refractivity (Wildman–Crippen MR) is 183 cm³/mol. The second-order valence-corrected chi connectivity index (χ2v) is 20.9. The first kappa shape index (κ1) is 35.5. The molecular weight excluding hydrogens is 667 g/mol. The second-order valence-electron chi connectivity index (χ2n) is 14.8. The van der Waals surface area contributed by atoms with Crippen molar-refractivity contribution >= 4 is 3.21 Å². The summed E-state index contributed by atoms with van der Waals surface area (Å²) < 4.78 is 3.81. The van der Waals surface area contributed by atoms with E-state index in [-0.39, 0.29) is 35.6 Å². The van der Waals surface area contributed by atoms with Crippen molar-refractivity contribution in [1.82, 2.24) is 0 Å². The van der Waals surface area contributed by atoms with Crippen LogP contribution in [-0.4, -0.2) is 3.21 Å². The Kier molecular flexibility index (Phi) is 10.9. The van der Waals surface area contributed by atoms with Crippen molar-refractivity contribution in [3.05, 3.63) is 151 Å². The molecule has 0 bridgehead atoms. The number of allylic oxidation sites excluding steroid dienone is 4. The zero-order valence-corrected chi connectivity index (χ0v) is 32.0. The molecule has 0 saturated carbocycles. The van der Waals surface area contributed by atoms with Gasteiger partial charge in [-0.1, -0.05) is 0 Å². The van der Waals surface area contributed by atoms with Gasteiger partial charge >= 0.3 is 269 Å². The van der Waals surface area contributed by atoms with Crippen molar-refractivity contribution in [2.45, 2.75) is 76.3 Å². The Morgan fingerprint density at radius 1 is 0.644 bits per heavy atom. The number of rotatable bonds is 5. The molecule has 4 aromatic rings. The van der Waals surface area contributed by atoms with E-state index in [1.807, 2.05) is 0 Å². The Balaban J connectivity index is 0.00000230. The molecule has 6 rings (SSSR count). The van der Waals surface area contributed by atoms with Crippen LogP contribution in [0.4, 0.5) is 0 Å². The zero-order chi connectivity index (χ0) is 30.5. The average Bonchev–Trinajstić information content (AvgIpc) is 3.59. The fourth-order valence-corrected chi connectivity index (χ4v) is 16.9. The van der Waals surface area contributed by atoms with Crippen LogP contribution in [0.2, 0.25) is 0 Å². The van der Waals surface area contributed by atoms with Crippen LogP contribution >= 0.6 is 0 Å². The predicted octanol–water partition coefficient (Wildman–Crippen LogP) is 5.12. The van der Waals surface area contributed by atoms with Crippen molar-refractivity contribution in [3.63, 3.8) is 0 Å². The van der Waals surface area contributed by atoms with Crippen molar-refractivity contribution in [1.29, 1.82) is 0 Å². The van der Waals surface area contributed by atoms with Crippen LogP contribution in [-0.2, 0) is 32.1 Å². The molecule has 45 heavy (non-hydrogen) atoms. The minimum Gasteiger partial charge on any atom is -1.00 e. The van der Waals surface area contributed by atoms with Crippen molar-refractivity contribution in [3.8, 4) is 11.1 Å². The molecule has 0 atom stereocenters.